The van der Waals surface area contributed by atoms with Crippen molar-refractivity contribution in [2.45, 2.75) is 71.3 Å². The van der Waals surface area contributed by atoms with Crippen molar-refractivity contribution in [1.29, 1.82) is 0 Å². The molecule has 1 aliphatic carbocycles. The fourth-order valence-corrected chi connectivity index (χ4v) is 4.43. The van der Waals surface area contributed by atoms with Crippen LogP contribution in [0.2, 0.25) is 0 Å². The first-order chi connectivity index (χ1) is 14.9. The Morgan fingerprint density at radius 3 is 2.39 bits per heavy atom. The molecule has 1 fully saturated rings. The van der Waals surface area contributed by atoms with Gasteiger partial charge in [-0.3, -0.25) is 19.2 Å². The first-order valence-corrected chi connectivity index (χ1v) is 11.6. The van der Waals surface area contributed by atoms with Gasteiger partial charge in [-0.2, -0.15) is 0 Å². The van der Waals surface area contributed by atoms with Gasteiger partial charge < -0.3 is 4.90 Å². The highest BCUT2D eigenvalue weighted by Gasteiger charge is 2.39. The summed E-state index contributed by atoms with van der Waals surface area (Å²) in [6, 6.07) is 9.60. The molecule has 0 aromatic heterocycles. The molecule has 0 heterocycles. The van der Waals surface area contributed by atoms with Crippen LogP contribution in [0.4, 0.5) is 0 Å². The van der Waals surface area contributed by atoms with E-state index in [1.54, 1.807) is 19.0 Å². The predicted molar refractivity (Wildman–Crippen MR) is 121 cm³/mol. The Kier molecular flexibility index (Phi) is 10.7. The molecule has 6 heteroatoms. The molecule has 1 N–H and O–H groups in total. The molecular weight excluding hydrogens is 392 g/mol. The number of hydroxylamine groups is 1. The summed E-state index contributed by atoms with van der Waals surface area (Å²) in [5.41, 5.74) is 3.46. The number of nitrogens with one attached hydrogen (secondary N) is 1. The molecular formula is C25H38N2O4. The van der Waals surface area contributed by atoms with Crippen molar-refractivity contribution in [3.8, 4) is 0 Å². The van der Waals surface area contributed by atoms with Gasteiger partial charge in [0.05, 0.1) is 6.61 Å². The summed E-state index contributed by atoms with van der Waals surface area (Å²) in [5, 5.41) is 0. The fourth-order valence-electron chi connectivity index (χ4n) is 4.43. The Bertz CT molecular complexity index is 705. The zero-order chi connectivity index (χ0) is 22.6. The lowest BCUT2D eigenvalue weighted by Crippen LogP contribution is -2.42. The van der Waals surface area contributed by atoms with Gasteiger partial charge in [-0.25, -0.2) is 5.48 Å². The highest BCUT2D eigenvalue weighted by atomic mass is 16.6. The van der Waals surface area contributed by atoms with Gasteiger partial charge in [-0.05, 0) is 24.8 Å². The molecule has 2 rings (SSSR count). The third-order valence-electron chi connectivity index (χ3n) is 6.15. The minimum Gasteiger partial charge on any atom is -0.349 e. The number of hydrogen-bond acceptors (Lipinski definition) is 4. The maximum absolute atomic E-state index is 13.5. The third kappa shape index (κ3) is 8.09. The summed E-state index contributed by atoms with van der Waals surface area (Å²) in [5.74, 6) is -1.09. The van der Waals surface area contributed by atoms with Crippen molar-refractivity contribution in [3.05, 3.63) is 35.9 Å². The van der Waals surface area contributed by atoms with Crippen LogP contribution in [0, 0.1) is 17.8 Å². The highest BCUT2D eigenvalue weighted by molar-refractivity contribution is 5.92. The number of unbranched alkanes of at least 4 members (excludes halogenated alkanes) is 2. The molecule has 3 atom stereocenters. The zero-order valence-corrected chi connectivity index (χ0v) is 19.3. The molecule has 6 nitrogen and oxygen atoms in total. The van der Waals surface area contributed by atoms with E-state index in [-0.39, 0.29) is 48.4 Å². The average Bonchev–Trinajstić information content (AvgIpc) is 2.78. The van der Waals surface area contributed by atoms with Crippen molar-refractivity contribution in [3.63, 3.8) is 0 Å². The van der Waals surface area contributed by atoms with Crippen LogP contribution >= 0.6 is 0 Å². The largest absolute Gasteiger partial charge is 0.349 e. The van der Waals surface area contributed by atoms with Gasteiger partial charge in [0.15, 0.2) is 0 Å². The van der Waals surface area contributed by atoms with Gasteiger partial charge >= 0.3 is 0 Å². The SMILES string of the molecule is CCCCC[C@H](CC(=O)NOCc1ccccc1)C(=O)C1CCCC[C@H]1C(=O)N(C)C. The molecule has 1 aromatic carbocycles. The molecule has 0 spiro atoms. The molecule has 0 saturated heterocycles. The predicted octanol–water partition coefficient (Wildman–Crippen LogP) is 4.28. The summed E-state index contributed by atoms with van der Waals surface area (Å²) in [4.78, 5) is 45.6. The van der Waals surface area contributed by atoms with Crippen LogP contribution in [0.15, 0.2) is 30.3 Å². The van der Waals surface area contributed by atoms with Crippen molar-refractivity contribution in [1.82, 2.24) is 10.4 Å². The number of benzene rings is 1. The molecule has 1 aromatic rings. The van der Waals surface area contributed by atoms with E-state index in [0.29, 0.717) is 6.42 Å². The van der Waals surface area contributed by atoms with Crippen LogP contribution in [-0.2, 0) is 25.8 Å². The van der Waals surface area contributed by atoms with Crippen molar-refractivity contribution in [2.24, 2.45) is 17.8 Å². The number of Topliss-reactive ketones (excluding diaryl/α,β-unsaturated/α-hetero) is 1. The fraction of sp³-hybridized carbons (Fsp3) is 0.640. The van der Waals surface area contributed by atoms with E-state index >= 15 is 0 Å². The molecule has 0 aliphatic heterocycles. The number of rotatable bonds is 12. The van der Waals surface area contributed by atoms with E-state index in [0.717, 1.165) is 50.5 Å². The summed E-state index contributed by atoms with van der Waals surface area (Å²) in [6.45, 7) is 2.40. The van der Waals surface area contributed by atoms with Crippen LogP contribution in [0.3, 0.4) is 0 Å². The number of hydrogen-bond donors (Lipinski definition) is 1. The Hall–Kier alpha value is -2.21. The van der Waals surface area contributed by atoms with Crippen LogP contribution in [-0.4, -0.2) is 36.6 Å². The van der Waals surface area contributed by atoms with E-state index in [2.05, 4.69) is 12.4 Å². The van der Waals surface area contributed by atoms with Gasteiger partial charge in [0.25, 0.3) is 0 Å². The number of carbonyl (C=O) groups excluding carboxylic acids is 3. The monoisotopic (exact) mass is 430 g/mol. The van der Waals surface area contributed by atoms with Crippen molar-refractivity contribution < 1.29 is 19.2 Å². The third-order valence-corrected chi connectivity index (χ3v) is 6.15. The summed E-state index contributed by atoms with van der Waals surface area (Å²) < 4.78 is 0. The van der Waals surface area contributed by atoms with Gasteiger partial charge in [-0.1, -0.05) is 69.4 Å². The van der Waals surface area contributed by atoms with Gasteiger partial charge in [-0.15, -0.1) is 0 Å². The summed E-state index contributed by atoms with van der Waals surface area (Å²) in [7, 11) is 3.49. The van der Waals surface area contributed by atoms with Gasteiger partial charge in [0.2, 0.25) is 11.8 Å². The van der Waals surface area contributed by atoms with E-state index in [4.69, 9.17) is 4.84 Å². The van der Waals surface area contributed by atoms with Gasteiger partial charge in [0.1, 0.15) is 5.78 Å². The molecule has 1 unspecified atom stereocenters. The number of nitrogens with zero attached hydrogens (tertiary/aromatic N) is 1. The molecule has 2 amide bonds. The van der Waals surface area contributed by atoms with Crippen LogP contribution < -0.4 is 5.48 Å². The molecule has 1 saturated carbocycles. The molecule has 0 radical (unpaired) electrons. The lowest BCUT2D eigenvalue weighted by atomic mass is 9.72. The number of amides is 2. The van der Waals surface area contributed by atoms with E-state index in [1.165, 1.54) is 0 Å². The van der Waals surface area contributed by atoms with E-state index in [1.807, 2.05) is 30.3 Å². The topological polar surface area (TPSA) is 75.7 Å². The van der Waals surface area contributed by atoms with E-state index < -0.39 is 0 Å². The molecule has 1 aliphatic rings. The quantitative estimate of drug-likeness (QED) is 0.397. The Labute approximate surface area is 186 Å². The second-order valence-corrected chi connectivity index (χ2v) is 8.83. The number of carbonyl (C=O) groups is 3. The molecule has 172 valence electrons. The van der Waals surface area contributed by atoms with Crippen LogP contribution in [0.25, 0.3) is 0 Å². The Balaban J connectivity index is 1.99. The maximum atomic E-state index is 13.5. The summed E-state index contributed by atoms with van der Waals surface area (Å²) >= 11 is 0. The van der Waals surface area contributed by atoms with Crippen molar-refractivity contribution in [2.75, 3.05) is 14.1 Å². The first-order valence-electron chi connectivity index (χ1n) is 11.6. The minimum atomic E-state index is -0.368. The lowest BCUT2D eigenvalue weighted by molar-refractivity contribution is -0.144. The van der Waals surface area contributed by atoms with Crippen LogP contribution in [0.5, 0.6) is 0 Å². The van der Waals surface area contributed by atoms with E-state index in [9.17, 15) is 14.4 Å². The standard InChI is InChI=1S/C25H38N2O4/c1-4-5-7-14-20(17-23(28)26-31-18-19-12-8-6-9-13-19)24(29)21-15-10-11-16-22(21)25(30)27(2)3/h6,8-9,12-13,20-22H,4-5,7,10-11,14-18H2,1-3H3,(H,26,28)/t20-,21?,22-/m1/s1. The minimum absolute atomic E-state index is 0.0287. The summed E-state index contributed by atoms with van der Waals surface area (Å²) in [6.07, 6.45) is 7.20. The normalized spacial score (nSPS) is 19.5. The highest BCUT2D eigenvalue weighted by Crippen LogP contribution is 2.35. The second kappa shape index (κ2) is 13.3. The zero-order valence-electron chi connectivity index (χ0n) is 19.3. The van der Waals surface area contributed by atoms with Crippen LogP contribution in [0.1, 0.15) is 70.3 Å². The first kappa shape index (κ1) is 25.1. The maximum Gasteiger partial charge on any atom is 0.244 e. The Morgan fingerprint density at radius 2 is 1.74 bits per heavy atom. The number of ketones is 1. The Morgan fingerprint density at radius 1 is 1.06 bits per heavy atom. The average molecular weight is 431 g/mol. The molecule has 0 bridgehead atoms. The second-order valence-electron chi connectivity index (χ2n) is 8.83. The smallest absolute Gasteiger partial charge is 0.244 e. The lowest BCUT2D eigenvalue weighted by Gasteiger charge is -2.33. The van der Waals surface area contributed by atoms with Crippen molar-refractivity contribution >= 4 is 17.6 Å². The molecule has 31 heavy (non-hydrogen) atoms. The van der Waals surface area contributed by atoms with Gasteiger partial charge in [0, 0.05) is 38.3 Å².